The van der Waals surface area contributed by atoms with Gasteiger partial charge in [0.05, 0.1) is 37.7 Å². The first kappa shape index (κ1) is 86.9. The molecule has 27 nitrogen and oxygen atoms in total. The average molecular weight is 908 g/mol. The van der Waals surface area contributed by atoms with Crippen molar-refractivity contribution in [1.82, 2.24) is 0 Å². The second-order valence-electron chi connectivity index (χ2n) is 7.48. The molecule has 0 amide bonds. The van der Waals surface area contributed by atoms with Gasteiger partial charge in [0, 0.05) is 0 Å². The van der Waals surface area contributed by atoms with E-state index < -0.39 is 111 Å². The van der Waals surface area contributed by atoms with Gasteiger partial charge in [0.1, 0.15) is 73.2 Å². The molecule has 4 radical (unpaired) electrons. The Morgan fingerprint density at radius 1 is 0.367 bits per heavy atom. The summed E-state index contributed by atoms with van der Waals surface area (Å²) in [5, 5.41) is 160. The second-order valence-corrected chi connectivity index (χ2v) is 7.48. The molecule has 31 heteroatoms. The minimum Gasteiger partial charge on any atom is -2.00 e. The molecule has 0 aliphatic carbocycles. The van der Waals surface area contributed by atoms with Crippen LogP contribution in [0.4, 0.5) is 0 Å². The summed E-state index contributed by atoms with van der Waals surface area (Å²) in [6.45, 7) is -2.59. The fraction of sp³-hybridized carbons (Fsp3) is 0.833. The quantitative estimate of drug-likeness (QED) is 0.0678. The molecule has 0 saturated carbocycles. The fourth-order valence-electron chi connectivity index (χ4n) is 1.99. The maximum Gasteiger partial charge on any atom is 3.00 e. The van der Waals surface area contributed by atoms with E-state index in [0.29, 0.717) is 0 Å². The van der Waals surface area contributed by atoms with Crippen molar-refractivity contribution in [2.75, 3.05) is 19.8 Å². The molecular formula is C18H36Fe4O27. The standard InChI is InChI=1S/3C6H12O7.4Fe.3H2O.3O/c3*7-1-2(8)3(9)4(10)5(11)6(12)13;;;;;;;;;;/h3*2-5,7-11H,1H2,(H,12,13);;;;;3*1H2;;;/q;;;4*+3;;;;3*-2/p-6/t3*2-,3-,4+,5-;;;;;;;;;;/m111........../s1. The Kier molecular flexibility index (Phi) is 81.0. The molecule has 0 bridgehead atoms. The van der Waals surface area contributed by atoms with Gasteiger partial charge in [-0.25, -0.2) is 0 Å². The molecule has 0 aromatic rings. The smallest absolute Gasteiger partial charge is 2.00 e. The first-order valence-electron chi connectivity index (χ1n) is 10.4. The first-order chi connectivity index (χ1) is 17.7. The predicted molar refractivity (Wildman–Crippen MR) is 116 cm³/mol. The summed E-state index contributed by atoms with van der Waals surface area (Å²) < 4.78 is 0. The van der Waals surface area contributed by atoms with Crippen LogP contribution >= 0.6 is 0 Å². The number of aliphatic carboxylic acids is 3. The number of hydrogen-bond acceptors (Lipinski definition) is 24. The number of aliphatic hydroxyl groups excluding tert-OH is 15. The monoisotopic (exact) mass is 908 g/mol. The molecule has 18 N–H and O–H groups in total. The van der Waals surface area contributed by atoms with Crippen molar-refractivity contribution >= 4 is 17.9 Å². The molecule has 0 saturated heterocycles. The first-order valence-corrected chi connectivity index (χ1v) is 10.4. The third-order valence-corrected chi connectivity index (χ3v) is 4.49. The van der Waals surface area contributed by atoms with E-state index in [0.717, 1.165) is 0 Å². The molecule has 0 aliphatic heterocycles. The molecule has 302 valence electrons. The zero-order valence-electron chi connectivity index (χ0n) is 23.7. The molecule has 0 heterocycles. The number of carbonyl (C=O) groups excluding carboxylic acids is 3. The van der Waals surface area contributed by atoms with Crippen LogP contribution in [0.25, 0.3) is 0 Å². The summed E-state index contributed by atoms with van der Waals surface area (Å²) in [5.74, 6) is -5.93. The van der Waals surface area contributed by atoms with E-state index in [1.54, 1.807) is 0 Å². The number of carboxylic acids is 3. The summed E-state index contributed by atoms with van der Waals surface area (Å²) in [6.07, 6.45) is -24.2. The van der Waals surface area contributed by atoms with Crippen molar-refractivity contribution in [2.24, 2.45) is 0 Å². The van der Waals surface area contributed by atoms with E-state index >= 15 is 0 Å². The third kappa shape index (κ3) is 34.5. The minimum atomic E-state index is -2.31. The van der Waals surface area contributed by atoms with Crippen LogP contribution in [0.5, 0.6) is 0 Å². The van der Waals surface area contributed by atoms with Crippen LogP contribution < -0.4 is 15.3 Å². The van der Waals surface area contributed by atoms with Gasteiger partial charge in [-0.1, -0.05) is 0 Å². The van der Waals surface area contributed by atoms with E-state index in [9.17, 15) is 29.7 Å². The Balaban J connectivity index is -0.0000000327. The normalized spacial score (nSPS) is 16.2. The molecular weight excluding hydrogens is 872 g/mol. The van der Waals surface area contributed by atoms with Gasteiger partial charge in [-0.3, -0.25) is 0 Å². The van der Waals surface area contributed by atoms with Crippen molar-refractivity contribution in [3.05, 3.63) is 0 Å². The maximum atomic E-state index is 9.98. The SMILES string of the molecule is O=C([O-])[C@H](O)[C@@H](O)[C@H](O)[C@H](O)CO.O=C([O-])[C@H](O)[C@@H](O)[C@H](O)[C@H](O)CO.O=C([O-])[C@H](O)[C@@H](O)[C@H](O)[C@H](O)CO.[Fe+3].[Fe+3].[Fe+3].[Fe+3].[O-2].[O-2].[O-2].[OH-].[OH-].[OH-]. The molecule has 0 aromatic carbocycles. The molecule has 0 aromatic heterocycles. The summed E-state index contributed by atoms with van der Waals surface area (Å²) >= 11 is 0. The van der Waals surface area contributed by atoms with Crippen molar-refractivity contribution in [3.8, 4) is 0 Å². The Morgan fingerprint density at radius 3 is 0.571 bits per heavy atom. The fourth-order valence-corrected chi connectivity index (χ4v) is 1.99. The van der Waals surface area contributed by atoms with Crippen LogP contribution in [-0.2, 0) is 99.1 Å². The van der Waals surface area contributed by atoms with Crippen molar-refractivity contribution in [2.45, 2.75) is 73.2 Å². The van der Waals surface area contributed by atoms with Gasteiger partial charge < -0.3 is 139 Å². The topological polar surface area (TPSA) is 599 Å². The number of carbonyl (C=O) groups is 3. The zero-order valence-corrected chi connectivity index (χ0v) is 28.1. The van der Waals surface area contributed by atoms with E-state index in [1.165, 1.54) is 0 Å². The number of carboxylic acid groups (broad SMARTS) is 3. The van der Waals surface area contributed by atoms with Crippen LogP contribution in [0.15, 0.2) is 0 Å². The molecule has 0 rings (SSSR count). The van der Waals surface area contributed by atoms with Gasteiger partial charge in [-0.15, -0.1) is 0 Å². The summed E-state index contributed by atoms with van der Waals surface area (Å²) in [4.78, 5) is 29.9. The van der Waals surface area contributed by atoms with E-state index in [1.807, 2.05) is 0 Å². The number of rotatable bonds is 15. The second kappa shape index (κ2) is 45.7. The maximum absolute atomic E-state index is 9.98. The van der Waals surface area contributed by atoms with E-state index in [4.69, 9.17) is 76.6 Å². The Morgan fingerprint density at radius 2 is 0.490 bits per heavy atom. The third-order valence-electron chi connectivity index (χ3n) is 4.49. The van der Waals surface area contributed by atoms with Gasteiger partial charge in [0.15, 0.2) is 0 Å². The van der Waals surface area contributed by atoms with Gasteiger partial charge in [0.2, 0.25) is 0 Å². The average Bonchev–Trinajstić information content (AvgIpc) is 2.92. The molecule has 49 heavy (non-hydrogen) atoms. The van der Waals surface area contributed by atoms with Crippen LogP contribution in [0.1, 0.15) is 0 Å². The van der Waals surface area contributed by atoms with Crippen LogP contribution in [0.2, 0.25) is 0 Å². The van der Waals surface area contributed by atoms with Crippen molar-refractivity contribution in [1.29, 1.82) is 0 Å². The molecule has 0 aliphatic rings. The van der Waals surface area contributed by atoms with Crippen LogP contribution in [0.3, 0.4) is 0 Å². The summed E-state index contributed by atoms with van der Waals surface area (Å²) in [6, 6.07) is 0. The van der Waals surface area contributed by atoms with E-state index in [2.05, 4.69) is 0 Å². The Labute approximate surface area is 317 Å². The predicted octanol–water partition coefficient (Wildman–Crippen LogP) is -15.4. The minimum absolute atomic E-state index is 0. The van der Waals surface area contributed by atoms with Gasteiger partial charge in [0.25, 0.3) is 0 Å². The molecule has 0 unspecified atom stereocenters. The van der Waals surface area contributed by atoms with Gasteiger partial charge in [-0.05, 0) is 0 Å². The van der Waals surface area contributed by atoms with Gasteiger partial charge >= 0.3 is 68.3 Å². The molecule has 12 atom stereocenters. The van der Waals surface area contributed by atoms with Gasteiger partial charge in [-0.2, -0.15) is 0 Å². The summed E-state index contributed by atoms with van der Waals surface area (Å²) in [5.41, 5.74) is 0. The van der Waals surface area contributed by atoms with Crippen molar-refractivity contribution < 1.29 is 207 Å². The van der Waals surface area contributed by atoms with Crippen molar-refractivity contribution in [3.63, 3.8) is 0 Å². The zero-order chi connectivity index (χ0) is 31.8. The number of hydrogen-bond donors (Lipinski definition) is 15. The largest absolute Gasteiger partial charge is 3.00 e. The molecule has 0 fully saturated rings. The van der Waals surface area contributed by atoms with Crippen LogP contribution in [0, 0.1) is 0 Å². The Bertz CT molecular complexity index is 626. The summed E-state index contributed by atoms with van der Waals surface area (Å²) in [7, 11) is 0. The number of aliphatic hydroxyl groups is 15. The molecule has 0 spiro atoms. The Hall–Kier alpha value is -0.352. The van der Waals surface area contributed by atoms with Crippen LogP contribution in [-0.4, -0.2) is 204 Å². The van der Waals surface area contributed by atoms with E-state index in [-0.39, 0.29) is 101 Å².